The molecule has 1 nitrogen and oxygen atoms in total. The highest BCUT2D eigenvalue weighted by Gasteiger charge is 2.26. The van der Waals surface area contributed by atoms with Crippen LogP contribution in [0.2, 0.25) is 0 Å². The fraction of sp³-hybridized carbons (Fsp3) is 0.700. The topological polar surface area (TPSA) is 26.0 Å². The molecule has 0 bridgehead atoms. The van der Waals surface area contributed by atoms with Gasteiger partial charge in [-0.25, -0.2) is 0 Å². The number of rotatable bonds is 7. The summed E-state index contributed by atoms with van der Waals surface area (Å²) >= 11 is 0. The summed E-state index contributed by atoms with van der Waals surface area (Å²) < 4.78 is 0. The molecule has 1 heteroatoms. The molecule has 0 aromatic heterocycles. The Bertz CT molecular complexity index is 398. The minimum absolute atomic E-state index is 0.351. The number of allylic oxidation sites excluding steroid dienone is 6. The first-order valence-corrected chi connectivity index (χ1v) is 8.62. The highest BCUT2D eigenvalue weighted by molar-refractivity contribution is 5.32. The van der Waals surface area contributed by atoms with Crippen molar-refractivity contribution in [2.45, 2.75) is 66.7 Å². The van der Waals surface area contributed by atoms with Gasteiger partial charge < -0.3 is 5.73 Å². The van der Waals surface area contributed by atoms with Crippen LogP contribution < -0.4 is 5.73 Å². The Kier molecular flexibility index (Phi) is 7.45. The van der Waals surface area contributed by atoms with Gasteiger partial charge in [0.1, 0.15) is 0 Å². The first-order chi connectivity index (χ1) is 9.86. The van der Waals surface area contributed by atoms with Crippen LogP contribution >= 0.6 is 0 Å². The normalized spacial score (nSPS) is 22.2. The van der Waals surface area contributed by atoms with E-state index in [-0.39, 0.29) is 0 Å². The molecule has 0 saturated carbocycles. The molecule has 1 aliphatic rings. The summed E-state index contributed by atoms with van der Waals surface area (Å²) in [6.07, 6.45) is 15.6. The Morgan fingerprint density at radius 1 is 1.19 bits per heavy atom. The molecule has 0 aliphatic heterocycles. The summed E-state index contributed by atoms with van der Waals surface area (Å²) in [5, 5.41) is 0. The molecule has 2 atom stereocenters. The standard InChI is InChI=1S/C20H35N/c1-16(8-6-9-17(2)13-15-21)11-12-19-18(3)10-7-14-20(19,4)5/h6,9,11-12,16-17H,7-8,10,13-15,21H2,1-5H3/b9-6+,12-11+. The largest absolute Gasteiger partial charge is 0.330 e. The number of nitrogens with two attached hydrogens (primary N) is 1. The lowest BCUT2D eigenvalue weighted by Gasteiger charge is -2.33. The maximum absolute atomic E-state index is 5.58. The molecule has 0 fully saturated rings. The fourth-order valence-corrected chi connectivity index (χ4v) is 3.23. The molecule has 2 unspecified atom stereocenters. The van der Waals surface area contributed by atoms with E-state index in [0.29, 0.717) is 17.3 Å². The van der Waals surface area contributed by atoms with E-state index in [9.17, 15) is 0 Å². The minimum atomic E-state index is 0.351. The summed E-state index contributed by atoms with van der Waals surface area (Å²) in [6.45, 7) is 12.4. The second kappa shape index (κ2) is 8.58. The second-order valence-electron chi connectivity index (χ2n) is 7.49. The van der Waals surface area contributed by atoms with E-state index in [1.807, 2.05) is 0 Å². The summed E-state index contributed by atoms with van der Waals surface area (Å²) in [5.74, 6) is 1.21. The van der Waals surface area contributed by atoms with Crippen molar-refractivity contribution in [1.82, 2.24) is 0 Å². The van der Waals surface area contributed by atoms with Gasteiger partial charge in [-0.05, 0) is 68.4 Å². The molecule has 0 radical (unpaired) electrons. The third-order valence-electron chi connectivity index (χ3n) is 4.73. The minimum Gasteiger partial charge on any atom is -0.330 e. The molecule has 0 aromatic carbocycles. The molecular weight excluding hydrogens is 254 g/mol. The van der Waals surface area contributed by atoms with Crippen LogP contribution in [0.4, 0.5) is 0 Å². The quantitative estimate of drug-likeness (QED) is 0.603. The van der Waals surface area contributed by atoms with Gasteiger partial charge in [0, 0.05) is 0 Å². The van der Waals surface area contributed by atoms with Gasteiger partial charge in [0.25, 0.3) is 0 Å². The van der Waals surface area contributed by atoms with Gasteiger partial charge in [-0.15, -0.1) is 0 Å². The SMILES string of the molecule is CC1=C(/C=C/C(C)C/C=C/C(C)CCN)C(C)(C)CCC1. The third-order valence-corrected chi connectivity index (χ3v) is 4.73. The molecule has 2 N–H and O–H groups in total. The summed E-state index contributed by atoms with van der Waals surface area (Å²) in [7, 11) is 0. The maximum atomic E-state index is 5.58. The molecule has 0 heterocycles. The van der Waals surface area contributed by atoms with Crippen LogP contribution in [0, 0.1) is 17.3 Å². The highest BCUT2D eigenvalue weighted by atomic mass is 14.5. The summed E-state index contributed by atoms with van der Waals surface area (Å²) in [4.78, 5) is 0. The number of hydrogen-bond acceptors (Lipinski definition) is 1. The average molecular weight is 290 g/mol. The Morgan fingerprint density at radius 3 is 2.52 bits per heavy atom. The zero-order valence-electron chi connectivity index (χ0n) is 14.8. The van der Waals surface area contributed by atoms with Gasteiger partial charge in [-0.3, -0.25) is 0 Å². The van der Waals surface area contributed by atoms with Gasteiger partial charge in [0.05, 0.1) is 0 Å². The Hall–Kier alpha value is -0.820. The Balaban J connectivity index is 2.55. The van der Waals surface area contributed by atoms with Gasteiger partial charge in [0.2, 0.25) is 0 Å². The lowest BCUT2D eigenvalue weighted by Crippen LogP contribution is -2.19. The van der Waals surface area contributed by atoms with E-state index in [1.165, 1.54) is 19.3 Å². The first-order valence-electron chi connectivity index (χ1n) is 8.62. The number of hydrogen-bond donors (Lipinski definition) is 1. The van der Waals surface area contributed by atoms with Crippen molar-refractivity contribution in [1.29, 1.82) is 0 Å². The van der Waals surface area contributed by atoms with E-state index in [4.69, 9.17) is 5.73 Å². The van der Waals surface area contributed by atoms with Gasteiger partial charge in [-0.1, -0.05) is 57.6 Å². The third kappa shape index (κ3) is 6.22. The van der Waals surface area contributed by atoms with Crippen LogP contribution in [-0.2, 0) is 0 Å². The van der Waals surface area contributed by atoms with E-state index in [1.54, 1.807) is 11.1 Å². The lowest BCUT2D eigenvalue weighted by atomic mass is 9.72. The highest BCUT2D eigenvalue weighted by Crippen LogP contribution is 2.40. The molecule has 0 saturated heterocycles. The van der Waals surface area contributed by atoms with Crippen LogP contribution in [0.25, 0.3) is 0 Å². The molecule has 1 aliphatic carbocycles. The Labute approximate surface area is 132 Å². The van der Waals surface area contributed by atoms with E-state index >= 15 is 0 Å². The molecule has 0 aromatic rings. The lowest BCUT2D eigenvalue weighted by molar-refractivity contribution is 0.376. The monoisotopic (exact) mass is 289 g/mol. The van der Waals surface area contributed by atoms with Crippen LogP contribution in [0.1, 0.15) is 66.7 Å². The predicted molar refractivity (Wildman–Crippen MR) is 95.2 cm³/mol. The van der Waals surface area contributed by atoms with Gasteiger partial charge >= 0.3 is 0 Å². The van der Waals surface area contributed by atoms with Crippen molar-refractivity contribution in [3.05, 3.63) is 35.5 Å². The van der Waals surface area contributed by atoms with Crippen molar-refractivity contribution < 1.29 is 0 Å². The average Bonchev–Trinajstić information content (AvgIpc) is 2.37. The van der Waals surface area contributed by atoms with Crippen molar-refractivity contribution in [2.24, 2.45) is 23.0 Å². The van der Waals surface area contributed by atoms with Crippen LogP contribution in [0.5, 0.6) is 0 Å². The smallest absolute Gasteiger partial charge is 0.00718 e. The van der Waals surface area contributed by atoms with Gasteiger partial charge in [-0.2, -0.15) is 0 Å². The molecule has 0 spiro atoms. The molecular formula is C20H35N. The van der Waals surface area contributed by atoms with Crippen LogP contribution in [-0.4, -0.2) is 6.54 Å². The summed E-state index contributed by atoms with van der Waals surface area (Å²) in [6, 6.07) is 0. The van der Waals surface area contributed by atoms with Crippen LogP contribution in [0.15, 0.2) is 35.5 Å². The molecule has 21 heavy (non-hydrogen) atoms. The molecule has 1 rings (SSSR count). The van der Waals surface area contributed by atoms with Crippen LogP contribution in [0.3, 0.4) is 0 Å². The maximum Gasteiger partial charge on any atom is -0.00718 e. The van der Waals surface area contributed by atoms with Crippen molar-refractivity contribution in [3.63, 3.8) is 0 Å². The van der Waals surface area contributed by atoms with E-state index in [2.05, 4.69) is 58.9 Å². The van der Waals surface area contributed by atoms with E-state index < -0.39 is 0 Å². The van der Waals surface area contributed by atoms with Gasteiger partial charge in [0.15, 0.2) is 0 Å². The van der Waals surface area contributed by atoms with Crippen molar-refractivity contribution in [3.8, 4) is 0 Å². The first kappa shape index (κ1) is 18.2. The van der Waals surface area contributed by atoms with Crippen molar-refractivity contribution in [2.75, 3.05) is 6.54 Å². The molecule has 0 amide bonds. The Morgan fingerprint density at radius 2 is 1.90 bits per heavy atom. The zero-order valence-corrected chi connectivity index (χ0v) is 14.8. The second-order valence-corrected chi connectivity index (χ2v) is 7.49. The fourth-order valence-electron chi connectivity index (χ4n) is 3.23. The van der Waals surface area contributed by atoms with Crippen molar-refractivity contribution >= 4 is 0 Å². The van der Waals surface area contributed by atoms with E-state index in [0.717, 1.165) is 19.4 Å². The molecule has 120 valence electrons. The predicted octanol–water partition coefficient (Wildman–Crippen LogP) is 5.64. The summed E-state index contributed by atoms with van der Waals surface area (Å²) in [5.41, 5.74) is 9.09. The zero-order chi connectivity index (χ0) is 15.9.